The number of halogens is 1. The van der Waals surface area contributed by atoms with Crippen LogP contribution in [0, 0.1) is 0 Å². The van der Waals surface area contributed by atoms with E-state index in [1.54, 1.807) is 0 Å². The zero-order chi connectivity index (χ0) is 19.3. The molecule has 0 saturated carbocycles. The quantitative estimate of drug-likeness (QED) is 0.733. The van der Waals surface area contributed by atoms with E-state index >= 15 is 0 Å². The summed E-state index contributed by atoms with van der Waals surface area (Å²) in [5.74, 6) is 0. The maximum absolute atomic E-state index is 6.41. The van der Waals surface area contributed by atoms with Crippen LogP contribution in [0.4, 0.5) is 11.4 Å². The Morgan fingerprint density at radius 2 is 1.39 bits per heavy atom. The van der Waals surface area contributed by atoms with Gasteiger partial charge in [0.2, 0.25) is 0 Å². The number of fused-ring (bicyclic) bond motifs is 1. The third-order valence-corrected chi connectivity index (χ3v) is 6.39. The number of anilines is 2. The molecule has 4 rings (SSSR count). The summed E-state index contributed by atoms with van der Waals surface area (Å²) in [6.07, 6.45) is 1.22. The minimum atomic E-state index is 0.856. The Morgan fingerprint density at radius 1 is 0.750 bits per heavy atom. The van der Waals surface area contributed by atoms with Gasteiger partial charge < -0.3 is 19.6 Å². The monoisotopic (exact) mass is 398 g/mol. The second-order valence-electron chi connectivity index (χ2n) is 7.99. The molecule has 1 fully saturated rings. The van der Waals surface area contributed by atoms with Gasteiger partial charge in [-0.2, -0.15) is 0 Å². The van der Waals surface area contributed by atoms with Gasteiger partial charge in [0.25, 0.3) is 0 Å². The Labute approximate surface area is 174 Å². The van der Waals surface area contributed by atoms with Crippen molar-refractivity contribution in [1.29, 1.82) is 0 Å². The standard InChI is InChI=1S/C23H31ClN4/c1-25-13-15-26(16-14-25)11-6-12-27-17-18-28(23-10-5-4-9-22(23)27)19-20-7-2-3-8-21(20)24/h2-5,7-10H,6,11-19H2,1H3. The fourth-order valence-corrected chi connectivity index (χ4v) is 4.46. The summed E-state index contributed by atoms with van der Waals surface area (Å²) in [7, 11) is 2.22. The zero-order valence-electron chi connectivity index (χ0n) is 16.9. The normalized spacial score (nSPS) is 18.4. The summed E-state index contributed by atoms with van der Waals surface area (Å²) in [5, 5.41) is 0.856. The molecule has 150 valence electrons. The lowest BCUT2D eigenvalue weighted by Crippen LogP contribution is -2.46. The molecule has 5 heteroatoms. The second kappa shape index (κ2) is 9.17. The zero-order valence-corrected chi connectivity index (χ0v) is 17.6. The lowest BCUT2D eigenvalue weighted by molar-refractivity contribution is 0.153. The van der Waals surface area contributed by atoms with Gasteiger partial charge in [0.05, 0.1) is 11.4 Å². The molecule has 0 aliphatic carbocycles. The van der Waals surface area contributed by atoms with E-state index in [0.717, 1.165) is 31.2 Å². The predicted octanol–water partition coefficient (Wildman–Crippen LogP) is 3.80. The van der Waals surface area contributed by atoms with Crippen molar-refractivity contribution in [2.45, 2.75) is 13.0 Å². The summed E-state index contributed by atoms with van der Waals surface area (Å²) in [5.41, 5.74) is 3.88. The average Bonchev–Trinajstić information content (AvgIpc) is 2.72. The minimum Gasteiger partial charge on any atom is -0.368 e. The Balaban J connectivity index is 1.38. The first kappa shape index (κ1) is 19.6. The maximum Gasteiger partial charge on any atom is 0.0607 e. The number of piperazine rings is 1. The molecule has 2 aromatic carbocycles. The Kier molecular flexibility index (Phi) is 6.40. The molecule has 0 amide bonds. The van der Waals surface area contributed by atoms with Crippen LogP contribution in [0.25, 0.3) is 0 Å². The Bertz CT molecular complexity index is 773. The maximum atomic E-state index is 6.41. The van der Waals surface area contributed by atoms with Crippen molar-refractivity contribution < 1.29 is 0 Å². The number of nitrogens with zero attached hydrogens (tertiary/aromatic N) is 4. The number of likely N-dealkylation sites (N-methyl/N-ethyl adjacent to an activating group) is 1. The van der Waals surface area contributed by atoms with E-state index < -0.39 is 0 Å². The molecule has 0 radical (unpaired) electrons. The van der Waals surface area contributed by atoms with Crippen LogP contribution in [0.3, 0.4) is 0 Å². The second-order valence-corrected chi connectivity index (χ2v) is 8.39. The highest BCUT2D eigenvalue weighted by Crippen LogP contribution is 2.34. The first-order chi connectivity index (χ1) is 13.7. The van der Waals surface area contributed by atoms with Crippen LogP contribution in [0.15, 0.2) is 48.5 Å². The molecule has 0 spiro atoms. The number of hydrogen-bond donors (Lipinski definition) is 0. The number of para-hydroxylation sites is 2. The smallest absolute Gasteiger partial charge is 0.0607 e. The summed E-state index contributed by atoms with van der Waals surface area (Å²) in [6, 6.07) is 17.0. The van der Waals surface area contributed by atoms with Crippen molar-refractivity contribution in [1.82, 2.24) is 9.80 Å². The lowest BCUT2D eigenvalue weighted by atomic mass is 10.1. The van der Waals surface area contributed by atoms with Crippen LogP contribution in [-0.4, -0.2) is 69.2 Å². The van der Waals surface area contributed by atoms with Gasteiger partial charge in [-0.1, -0.05) is 41.9 Å². The molecule has 2 aliphatic heterocycles. The predicted molar refractivity (Wildman–Crippen MR) is 120 cm³/mol. The SMILES string of the molecule is CN1CCN(CCCN2CCN(Cc3ccccc3Cl)c3ccccc32)CC1. The van der Waals surface area contributed by atoms with Crippen LogP contribution >= 0.6 is 11.6 Å². The first-order valence-corrected chi connectivity index (χ1v) is 10.8. The van der Waals surface area contributed by atoms with Gasteiger partial charge in [0, 0.05) is 57.4 Å². The molecule has 2 aromatic rings. The summed E-state index contributed by atoms with van der Waals surface area (Å²) < 4.78 is 0. The van der Waals surface area contributed by atoms with Gasteiger partial charge in [-0.25, -0.2) is 0 Å². The van der Waals surface area contributed by atoms with Crippen LogP contribution in [0.1, 0.15) is 12.0 Å². The molecule has 0 bridgehead atoms. The summed E-state index contributed by atoms with van der Waals surface area (Å²) >= 11 is 6.41. The summed E-state index contributed by atoms with van der Waals surface area (Å²) in [4.78, 5) is 10.1. The van der Waals surface area contributed by atoms with Crippen LogP contribution in [0.5, 0.6) is 0 Å². The minimum absolute atomic E-state index is 0.856. The number of benzene rings is 2. The van der Waals surface area contributed by atoms with E-state index in [1.165, 1.54) is 56.1 Å². The fourth-order valence-electron chi connectivity index (χ4n) is 4.27. The number of hydrogen-bond acceptors (Lipinski definition) is 4. The highest BCUT2D eigenvalue weighted by Gasteiger charge is 2.23. The van der Waals surface area contributed by atoms with Crippen LogP contribution in [0.2, 0.25) is 5.02 Å². The van der Waals surface area contributed by atoms with E-state index in [2.05, 4.69) is 63.0 Å². The van der Waals surface area contributed by atoms with Crippen molar-refractivity contribution in [3.8, 4) is 0 Å². The van der Waals surface area contributed by atoms with Crippen LogP contribution < -0.4 is 9.80 Å². The molecule has 0 N–H and O–H groups in total. The van der Waals surface area contributed by atoms with Crippen molar-refractivity contribution in [3.63, 3.8) is 0 Å². The molecular formula is C23H31ClN4. The van der Waals surface area contributed by atoms with Crippen LogP contribution in [-0.2, 0) is 6.54 Å². The third kappa shape index (κ3) is 4.62. The molecule has 2 heterocycles. The van der Waals surface area contributed by atoms with Crippen molar-refractivity contribution >= 4 is 23.0 Å². The Hall–Kier alpha value is -1.75. The molecule has 0 unspecified atom stereocenters. The van der Waals surface area contributed by atoms with E-state index in [1.807, 2.05) is 12.1 Å². The Morgan fingerprint density at radius 3 is 2.14 bits per heavy atom. The van der Waals surface area contributed by atoms with Gasteiger partial charge in [0.15, 0.2) is 0 Å². The van der Waals surface area contributed by atoms with E-state index in [0.29, 0.717) is 0 Å². The topological polar surface area (TPSA) is 13.0 Å². The van der Waals surface area contributed by atoms with Crippen molar-refractivity contribution in [3.05, 3.63) is 59.1 Å². The average molecular weight is 399 g/mol. The fraction of sp³-hybridized carbons (Fsp3) is 0.478. The van der Waals surface area contributed by atoms with Gasteiger partial charge >= 0.3 is 0 Å². The third-order valence-electron chi connectivity index (χ3n) is 6.02. The molecule has 1 saturated heterocycles. The van der Waals surface area contributed by atoms with E-state index in [4.69, 9.17) is 11.6 Å². The van der Waals surface area contributed by atoms with Gasteiger partial charge in [-0.3, -0.25) is 0 Å². The van der Waals surface area contributed by atoms with E-state index in [9.17, 15) is 0 Å². The molecule has 2 aliphatic rings. The van der Waals surface area contributed by atoms with E-state index in [-0.39, 0.29) is 0 Å². The first-order valence-electron chi connectivity index (χ1n) is 10.4. The molecular weight excluding hydrogens is 368 g/mol. The van der Waals surface area contributed by atoms with Gasteiger partial charge in [-0.05, 0) is 43.8 Å². The largest absolute Gasteiger partial charge is 0.368 e. The number of rotatable bonds is 6. The van der Waals surface area contributed by atoms with Gasteiger partial charge in [-0.15, -0.1) is 0 Å². The molecule has 0 aromatic heterocycles. The van der Waals surface area contributed by atoms with Gasteiger partial charge in [0.1, 0.15) is 0 Å². The highest BCUT2D eigenvalue weighted by atomic mass is 35.5. The highest BCUT2D eigenvalue weighted by molar-refractivity contribution is 6.31. The molecule has 0 atom stereocenters. The summed E-state index contributed by atoms with van der Waals surface area (Å²) in [6.45, 7) is 10.1. The van der Waals surface area contributed by atoms with Crippen molar-refractivity contribution in [2.75, 3.05) is 69.2 Å². The molecule has 4 nitrogen and oxygen atoms in total. The van der Waals surface area contributed by atoms with Crippen molar-refractivity contribution in [2.24, 2.45) is 0 Å². The molecule has 28 heavy (non-hydrogen) atoms. The lowest BCUT2D eigenvalue weighted by Gasteiger charge is -2.39.